The van der Waals surface area contributed by atoms with Crippen molar-refractivity contribution in [2.24, 2.45) is 16.7 Å². The maximum atomic E-state index is 13.2. The normalized spacial score (nSPS) is 31.1. The summed E-state index contributed by atoms with van der Waals surface area (Å²) in [6, 6.07) is 0. The Hall–Kier alpha value is -0.730. The van der Waals surface area contributed by atoms with Gasteiger partial charge in [-0.3, -0.25) is 14.4 Å². The topological polar surface area (TPSA) is 94.6 Å². The largest absolute Gasteiger partial charge is 0.300 e. The van der Waals surface area contributed by atoms with Crippen molar-refractivity contribution in [2.45, 2.75) is 78.6 Å². The van der Waals surface area contributed by atoms with Crippen molar-refractivity contribution in [1.82, 2.24) is 0 Å². The second-order valence-electron chi connectivity index (χ2n) is 9.99. The smallest absolute Gasteiger partial charge is 0.277 e. The summed E-state index contributed by atoms with van der Waals surface area (Å²) in [5.41, 5.74) is -1.24. The summed E-state index contributed by atoms with van der Waals surface area (Å²) >= 11 is 0. The Labute approximate surface area is 182 Å². The van der Waals surface area contributed by atoms with Gasteiger partial charge in [0.15, 0.2) is 0 Å². The molecule has 6 nitrogen and oxygen atoms in total. The van der Waals surface area contributed by atoms with Gasteiger partial charge in [-0.2, -0.15) is 8.42 Å². The molecule has 2 bridgehead atoms. The summed E-state index contributed by atoms with van der Waals surface area (Å²) < 4.78 is 32.4. The van der Waals surface area contributed by atoms with E-state index in [1.807, 2.05) is 13.8 Å². The van der Waals surface area contributed by atoms with Gasteiger partial charge in [0.25, 0.3) is 10.1 Å². The van der Waals surface area contributed by atoms with Gasteiger partial charge < -0.3 is 0 Å². The third kappa shape index (κ3) is 4.56. The molecule has 0 aromatic carbocycles. The first-order chi connectivity index (χ1) is 14.0. The number of ketones is 3. The first kappa shape index (κ1) is 23.9. The molecule has 0 spiro atoms. The summed E-state index contributed by atoms with van der Waals surface area (Å²) in [6.07, 6.45) is 5.64. The highest BCUT2D eigenvalue weighted by molar-refractivity contribution is 8.33. The van der Waals surface area contributed by atoms with Crippen LogP contribution in [-0.4, -0.2) is 48.8 Å². The molecule has 3 fully saturated rings. The third-order valence-electron chi connectivity index (χ3n) is 7.80. The van der Waals surface area contributed by atoms with E-state index >= 15 is 0 Å². The summed E-state index contributed by atoms with van der Waals surface area (Å²) in [4.78, 5) is 37.2. The minimum Gasteiger partial charge on any atom is -0.300 e. The Morgan fingerprint density at radius 1 is 1.17 bits per heavy atom. The zero-order valence-corrected chi connectivity index (χ0v) is 20.2. The molecule has 3 rings (SSSR count). The zero-order valence-electron chi connectivity index (χ0n) is 18.5. The van der Waals surface area contributed by atoms with Gasteiger partial charge in [0.1, 0.15) is 17.3 Å². The second kappa shape index (κ2) is 8.66. The quantitative estimate of drug-likeness (QED) is 0.458. The van der Waals surface area contributed by atoms with Gasteiger partial charge in [-0.25, -0.2) is 3.63 Å². The molecule has 2 atom stereocenters. The van der Waals surface area contributed by atoms with Crippen molar-refractivity contribution < 1.29 is 26.4 Å². The fourth-order valence-corrected chi connectivity index (χ4v) is 12.0. The molecule has 1 aliphatic heterocycles. The summed E-state index contributed by atoms with van der Waals surface area (Å²) in [5.74, 6) is 0.866. The van der Waals surface area contributed by atoms with Crippen molar-refractivity contribution in [3.63, 3.8) is 0 Å². The monoisotopic (exact) mass is 460 g/mol. The van der Waals surface area contributed by atoms with Crippen molar-refractivity contribution in [3.05, 3.63) is 0 Å². The van der Waals surface area contributed by atoms with E-state index in [0.29, 0.717) is 30.8 Å². The lowest BCUT2D eigenvalue weighted by Crippen LogP contribution is -2.43. The Morgan fingerprint density at radius 3 is 2.37 bits per heavy atom. The number of carbonyl (C=O) groups is 3. The number of unbranched alkanes of at least 4 members (excludes halogenated alkanes) is 2. The van der Waals surface area contributed by atoms with Crippen LogP contribution in [0.2, 0.25) is 0 Å². The molecule has 172 valence electrons. The highest BCUT2D eigenvalue weighted by Gasteiger charge is 2.65. The first-order valence-electron chi connectivity index (χ1n) is 11.2. The zero-order chi connectivity index (χ0) is 22.2. The van der Waals surface area contributed by atoms with Crippen LogP contribution in [0.1, 0.15) is 78.6 Å². The van der Waals surface area contributed by atoms with Gasteiger partial charge in [0.05, 0.1) is 16.9 Å². The number of hydrogen-bond acceptors (Lipinski definition) is 6. The maximum Gasteiger partial charge on any atom is 0.277 e. The molecule has 2 unspecified atom stereocenters. The predicted molar refractivity (Wildman–Crippen MR) is 119 cm³/mol. The van der Waals surface area contributed by atoms with Gasteiger partial charge in [0, 0.05) is 37.2 Å². The number of hydrogen-bond donors (Lipinski definition) is 0. The molecule has 8 heteroatoms. The van der Waals surface area contributed by atoms with Crippen molar-refractivity contribution in [1.29, 1.82) is 0 Å². The maximum absolute atomic E-state index is 13.2. The minimum absolute atomic E-state index is 0.0272. The van der Waals surface area contributed by atoms with Crippen LogP contribution < -0.4 is 0 Å². The number of carbonyl (C=O) groups excluding carboxylic acids is 3. The Morgan fingerprint density at radius 2 is 1.83 bits per heavy atom. The van der Waals surface area contributed by atoms with Gasteiger partial charge in [0.2, 0.25) is 0 Å². The molecule has 2 saturated carbocycles. The van der Waals surface area contributed by atoms with Gasteiger partial charge in [-0.1, -0.05) is 33.6 Å². The van der Waals surface area contributed by atoms with Crippen LogP contribution in [0.15, 0.2) is 0 Å². The van der Waals surface area contributed by atoms with Crippen molar-refractivity contribution >= 4 is 37.8 Å². The molecule has 0 aromatic heterocycles. The molecule has 3 aliphatic rings. The van der Waals surface area contributed by atoms with E-state index in [-0.39, 0.29) is 53.0 Å². The van der Waals surface area contributed by atoms with E-state index < -0.39 is 25.8 Å². The fraction of sp³-hybridized carbons (Fsp3) is 0.864. The van der Waals surface area contributed by atoms with Crippen LogP contribution >= 0.6 is 10.3 Å². The summed E-state index contributed by atoms with van der Waals surface area (Å²) in [5, 5.41) is 0. The number of fused-ring (bicyclic) bond motifs is 2. The molecule has 0 N–H and O–H groups in total. The van der Waals surface area contributed by atoms with Crippen molar-refractivity contribution in [3.8, 4) is 0 Å². The highest BCUT2D eigenvalue weighted by atomic mass is 32.3. The Kier molecular flexibility index (Phi) is 6.91. The van der Waals surface area contributed by atoms with Crippen LogP contribution in [0, 0.1) is 16.7 Å². The summed E-state index contributed by atoms with van der Waals surface area (Å²) in [6.45, 7) is 6.08. The fourth-order valence-electron chi connectivity index (χ4n) is 5.65. The van der Waals surface area contributed by atoms with Gasteiger partial charge in [-0.05, 0) is 30.6 Å². The lowest BCUT2D eigenvalue weighted by molar-refractivity contribution is -0.128. The molecule has 30 heavy (non-hydrogen) atoms. The van der Waals surface area contributed by atoms with E-state index in [1.54, 1.807) is 0 Å². The molecule has 2 aliphatic carbocycles. The van der Waals surface area contributed by atoms with E-state index in [9.17, 15) is 22.8 Å². The van der Waals surface area contributed by atoms with E-state index in [0.717, 1.165) is 25.7 Å². The average Bonchev–Trinajstić information content (AvgIpc) is 2.98. The Balaban J connectivity index is 1.77. The lowest BCUT2D eigenvalue weighted by atomic mass is 9.70. The van der Waals surface area contributed by atoms with Gasteiger partial charge in [-0.15, -0.1) is 10.3 Å². The van der Waals surface area contributed by atoms with Crippen molar-refractivity contribution in [2.75, 3.05) is 23.0 Å². The molecular weight excluding hydrogens is 424 g/mol. The van der Waals surface area contributed by atoms with E-state index in [2.05, 4.69) is 6.92 Å². The average molecular weight is 461 g/mol. The molecule has 0 amide bonds. The minimum atomic E-state index is -4.01. The molecule has 0 radical (unpaired) electrons. The molecular formula is C22H36O6S2. The third-order valence-corrected chi connectivity index (χ3v) is 13.4. The highest BCUT2D eigenvalue weighted by Crippen LogP contribution is 2.65. The van der Waals surface area contributed by atoms with Crippen LogP contribution in [0.25, 0.3) is 0 Å². The summed E-state index contributed by atoms with van der Waals surface area (Å²) in [7, 11) is -6.22. The van der Waals surface area contributed by atoms with Gasteiger partial charge >= 0.3 is 0 Å². The SMILES string of the molecule is CCCCCC(=O)CS1(OS(=O)(=O)CC23CCC(CC2=O)C3(C)C)CCC(=O)CC1. The Bertz CT molecular complexity index is 805. The van der Waals surface area contributed by atoms with E-state index in [1.165, 1.54) is 0 Å². The predicted octanol–water partition coefficient (Wildman–Crippen LogP) is 3.96. The molecule has 0 aromatic rings. The van der Waals surface area contributed by atoms with Crippen LogP contribution in [0.3, 0.4) is 0 Å². The molecule has 1 heterocycles. The second-order valence-corrected chi connectivity index (χ2v) is 15.0. The lowest BCUT2D eigenvalue weighted by Gasteiger charge is -2.42. The molecule has 1 saturated heterocycles. The van der Waals surface area contributed by atoms with Crippen LogP contribution in [0.4, 0.5) is 0 Å². The number of Topliss-reactive ketones (excluding diaryl/α,β-unsaturated/α-hetero) is 3. The van der Waals surface area contributed by atoms with Crippen LogP contribution in [-0.2, 0) is 28.1 Å². The standard InChI is InChI=1S/C22H36O6S2/c1-4-5-6-7-19(24)15-29(12-9-18(23)10-13-29)28-30(26,27)16-22-11-8-17(14-20(22)25)21(22,2)3/h17H,4-16H2,1-3H3. The van der Waals surface area contributed by atoms with Crippen LogP contribution in [0.5, 0.6) is 0 Å². The van der Waals surface area contributed by atoms with E-state index in [4.69, 9.17) is 3.63 Å². The first-order valence-corrected chi connectivity index (χ1v) is 14.9. The number of rotatable bonds is 10.